The van der Waals surface area contributed by atoms with Crippen LogP contribution < -0.4 is 10.6 Å². The third-order valence-corrected chi connectivity index (χ3v) is 4.82. The molecule has 0 atom stereocenters. The van der Waals surface area contributed by atoms with Crippen LogP contribution in [-0.2, 0) is 5.41 Å². The van der Waals surface area contributed by atoms with Crippen LogP contribution in [0.2, 0.25) is 0 Å². The fourth-order valence-corrected chi connectivity index (χ4v) is 3.29. The molecule has 2 saturated carbocycles. The van der Waals surface area contributed by atoms with Crippen LogP contribution in [-0.4, -0.2) is 25.1 Å². The minimum absolute atomic E-state index is 0. The number of hydrogen-bond donors (Lipinski definition) is 2. The molecule has 3 rings (SSSR count). The Balaban J connectivity index is 0.00000176. The molecule has 0 spiro atoms. The van der Waals surface area contributed by atoms with Crippen LogP contribution in [0.4, 0.5) is 0 Å². The van der Waals surface area contributed by atoms with Crippen LogP contribution in [0.25, 0.3) is 0 Å². The van der Waals surface area contributed by atoms with Crippen molar-refractivity contribution >= 4 is 29.9 Å². The highest BCUT2D eigenvalue weighted by atomic mass is 127. The van der Waals surface area contributed by atoms with Crippen LogP contribution in [0, 0.1) is 0 Å². The summed E-state index contributed by atoms with van der Waals surface area (Å²) in [5.41, 5.74) is 1.75. The highest BCUT2D eigenvalue weighted by Crippen LogP contribution is 2.48. The Morgan fingerprint density at radius 3 is 2.45 bits per heavy atom. The van der Waals surface area contributed by atoms with Crippen LogP contribution in [0.15, 0.2) is 35.3 Å². The second kappa shape index (κ2) is 8.18. The van der Waals surface area contributed by atoms with Crippen molar-refractivity contribution in [2.75, 3.05) is 13.1 Å². The van der Waals surface area contributed by atoms with Gasteiger partial charge in [-0.05, 0) is 38.2 Å². The molecular formula is C18H28IN3. The number of rotatable bonds is 5. The van der Waals surface area contributed by atoms with Gasteiger partial charge in [-0.2, -0.15) is 0 Å². The Hall–Kier alpha value is -0.780. The third-order valence-electron chi connectivity index (χ3n) is 4.82. The van der Waals surface area contributed by atoms with Gasteiger partial charge >= 0.3 is 0 Å². The van der Waals surface area contributed by atoms with Crippen molar-refractivity contribution < 1.29 is 0 Å². The SMILES string of the molecule is CCNC(=NCC1(c2ccccc2)CC1)NC1CCCC1.I. The summed E-state index contributed by atoms with van der Waals surface area (Å²) in [5.74, 6) is 1.01. The molecule has 0 saturated heterocycles. The first-order valence-electron chi connectivity index (χ1n) is 8.43. The normalized spacial score (nSPS) is 20.3. The fourth-order valence-electron chi connectivity index (χ4n) is 3.29. The highest BCUT2D eigenvalue weighted by molar-refractivity contribution is 14.0. The summed E-state index contributed by atoms with van der Waals surface area (Å²) in [7, 11) is 0. The Labute approximate surface area is 151 Å². The van der Waals surface area contributed by atoms with Crippen molar-refractivity contribution in [2.45, 2.75) is 56.9 Å². The van der Waals surface area contributed by atoms with E-state index in [1.165, 1.54) is 44.1 Å². The molecule has 0 aliphatic heterocycles. The predicted octanol–water partition coefficient (Wildman–Crippen LogP) is 3.83. The third kappa shape index (κ3) is 4.37. The van der Waals surface area contributed by atoms with Gasteiger partial charge in [0.05, 0.1) is 6.54 Å². The average molecular weight is 413 g/mol. The number of nitrogens with one attached hydrogen (secondary N) is 2. The molecule has 2 aliphatic carbocycles. The van der Waals surface area contributed by atoms with Crippen molar-refractivity contribution in [2.24, 2.45) is 4.99 Å². The molecule has 1 aromatic carbocycles. The van der Waals surface area contributed by atoms with Crippen LogP contribution >= 0.6 is 24.0 Å². The van der Waals surface area contributed by atoms with E-state index >= 15 is 0 Å². The molecule has 0 bridgehead atoms. The zero-order chi connectivity index (χ0) is 14.5. The summed E-state index contributed by atoms with van der Waals surface area (Å²) in [6, 6.07) is 11.5. The molecule has 1 aromatic rings. The van der Waals surface area contributed by atoms with E-state index in [0.717, 1.165) is 19.0 Å². The monoisotopic (exact) mass is 413 g/mol. The van der Waals surface area contributed by atoms with Gasteiger partial charge in [-0.3, -0.25) is 4.99 Å². The zero-order valence-corrected chi connectivity index (χ0v) is 15.8. The smallest absolute Gasteiger partial charge is 0.191 e. The Morgan fingerprint density at radius 1 is 1.18 bits per heavy atom. The molecule has 3 nitrogen and oxygen atoms in total. The molecular weight excluding hydrogens is 385 g/mol. The maximum Gasteiger partial charge on any atom is 0.191 e. The van der Waals surface area contributed by atoms with Crippen molar-refractivity contribution in [1.29, 1.82) is 0 Å². The van der Waals surface area contributed by atoms with Gasteiger partial charge in [-0.1, -0.05) is 43.2 Å². The second-order valence-electron chi connectivity index (χ2n) is 6.47. The van der Waals surface area contributed by atoms with Crippen LogP contribution in [0.3, 0.4) is 0 Å². The van der Waals surface area contributed by atoms with E-state index in [1.807, 2.05) is 0 Å². The first-order chi connectivity index (χ1) is 10.3. The zero-order valence-electron chi connectivity index (χ0n) is 13.5. The molecule has 4 heteroatoms. The largest absolute Gasteiger partial charge is 0.357 e. The van der Waals surface area contributed by atoms with E-state index in [9.17, 15) is 0 Å². The van der Waals surface area contributed by atoms with Crippen LogP contribution in [0.1, 0.15) is 51.0 Å². The summed E-state index contributed by atoms with van der Waals surface area (Å²) in [4.78, 5) is 4.88. The Bertz CT molecular complexity index is 476. The van der Waals surface area contributed by atoms with Gasteiger partial charge < -0.3 is 10.6 Å². The number of guanidine groups is 1. The number of halogens is 1. The van der Waals surface area contributed by atoms with E-state index in [1.54, 1.807) is 0 Å². The van der Waals surface area contributed by atoms with Crippen LogP contribution in [0.5, 0.6) is 0 Å². The predicted molar refractivity (Wildman–Crippen MR) is 104 cm³/mol. The second-order valence-corrected chi connectivity index (χ2v) is 6.47. The molecule has 0 unspecified atom stereocenters. The molecule has 0 aromatic heterocycles. The van der Waals surface area contributed by atoms with Crippen molar-refractivity contribution in [3.8, 4) is 0 Å². The summed E-state index contributed by atoms with van der Waals surface area (Å²) in [5, 5.41) is 7.01. The average Bonchev–Trinajstić information content (AvgIpc) is 3.15. The quantitative estimate of drug-likeness (QED) is 0.437. The van der Waals surface area contributed by atoms with E-state index in [0.29, 0.717) is 11.5 Å². The van der Waals surface area contributed by atoms with Gasteiger partial charge in [0, 0.05) is 18.0 Å². The summed E-state index contributed by atoms with van der Waals surface area (Å²) >= 11 is 0. The van der Waals surface area contributed by atoms with Crippen molar-refractivity contribution in [1.82, 2.24) is 10.6 Å². The Kier molecular flexibility index (Phi) is 6.53. The maximum absolute atomic E-state index is 4.88. The lowest BCUT2D eigenvalue weighted by Crippen LogP contribution is -2.42. The number of hydrogen-bond acceptors (Lipinski definition) is 1. The molecule has 0 amide bonds. The molecule has 2 aliphatic rings. The number of aliphatic imine (C=N–C) groups is 1. The first-order valence-corrected chi connectivity index (χ1v) is 8.43. The molecule has 0 heterocycles. The topological polar surface area (TPSA) is 36.4 Å². The summed E-state index contributed by atoms with van der Waals surface area (Å²) in [6.07, 6.45) is 7.81. The van der Waals surface area contributed by atoms with Gasteiger partial charge in [0.1, 0.15) is 0 Å². The van der Waals surface area contributed by atoms with Crippen molar-refractivity contribution in [3.63, 3.8) is 0 Å². The summed E-state index contributed by atoms with van der Waals surface area (Å²) in [6.45, 7) is 3.96. The molecule has 2 N–H and O–H groups in total. The van der Waals surface area contributed by atoms with Gasteiger partial charge in [0.15, 0.2) is 5.96 Å². The van der Waals surface area contributed by atoms with E-state index < -0.39 is 0 Å². The van der Waals surface area contributed by atoms with Gasteiger partial charge in [0.25, 0.3) is 0 Å². The van der Waals surface area contributed by atoms with E-state index in [2.05, 4.69) is 47.9 Å². The lowest BCUT2D eigenvalue weighted by Gasteiger charge is -2.19. The van der Waals surface area contributed by atoms with Crippen molar-refractivity contribution in [3.05, 3.63) is 35.9 Å². The standard InChI is InChI=1S/C18H27N3.HI/c1-2-19-17(21-16-10-6-7-11-16)20-14-18(12-13-18)15-8-4-3-5-9-15;/h3-5,8-9,16H,2,6-7,10-14H2,1H3,(H2,19,20,21);1H. The molecule has 22 heavy (non-hydrogen) atoms. The van der Waals surface area contributed by atoms with Gasteiger partial charge in [-0.25, -0.2) is 0 Å². The van der Waals surface area contributed by atoms with E-state index in [-0.39, 0.29) is 24.0 Å². The van der Waals surface area contributed by atoms with Gasteiger partial charge in [0.2, 0.25) is 0 Å². The molecule has 122 valence electrons. The first kappa shape index (κ1) is 17.6. The number of benzene rings is 1. The minimum atomic E-state index is 0. The fraction of sp³-hybridized carbons (Fsp3) is 0.611. The summed E-state index contributed by atoms with van der Waals surface area (Å²) < 4.78 is 0. The number of nitrogens with zero attached hydrogens (tertiary/aromatic N) is 1. The Morgan fingerprint density at radius 2 is 1.86 bits per heavy atom. The maximum atomic E-state index is 4.88. The van der Waals surface area contributed by atoms with E-state index in [4.69, 9.17) is 4.99 Å². The highest BCUT2D eigenvalue weighted by Gasteiger charge is 2.44. The minimum Gasteiger partial charge on any atom is -0.357 e. The molecule has 2 fully saturated rings. The lowest BCUT2D eigenvalue weighted by molar-refractivity contribution is 0.608. The molecule has 0 radical (unpaired) electrons. The van der Waals surface area contributed by atoms with Gasteiger partial charge in [-0.15, -0.1) is 24.0 Å². The lowest BCUT2D eigenvalue weighted by atomic mass is 9.96.